The Kier molecular flexibility index (Phi) is 3.29. The minimum absolute atomic E-state index is 0.0502. The first-order chi connectivity index (χ1) is 9.28. The second-order valence-electron chi connectivity index (χ2n) is 4.95. The molecule has 0 radical (unpaired) electrons. The van der Waals surface area contributed by atoms with E-state index in [0.29, 0.717) is 0 Å². The number of piperazine rings is 1. The van der Waals surface area contributed by atoms with Crippen LogP contribution in [0, 0.1) is 0 Å². The fourth-order valence-corrected chi connectivity index (χ4v) is 2.56. The maximum atomic E-state index is 6.05. The summed E-state index contributed by atoms with van der Waals surface area (Å²) in [7, 11) is 0. The van der Waals surface area contributed by atoms with Crippen LogP contribution in [0.5, 0.6) is 5.75 Å². The Morgan fingerprint density at radius 3 is 2.95 bits per heavy atom. The normalized spacial score (nSPS) is 22.5. The molecule has 0 aliphatic carbocycles. The van der Waals surface area contributed by atoms with E-state index in [1.54, 1.807) is 0 Å². The van der Waals surface area contributed by atoms with Crippen molar-refractivity contribution in [3.63, 3.8) is 0 Å². The van der Waals surface area contributed by atoms with Gasteiger partial charge < -0.3 is 20.7 Å². The van der Waals surface area contributed by atoms with Gasteiger partial charge in [-0.2, -0.15) is 0 Å². The predicted octanol–water partition coefficient (Wildman–Crippen LogP) is 1.38. The van der Waals surface area contributed by atoms with Crippen LogP contribution in [0.2, 0.25) is 0 Å². The van der Waals surface area contributed by atoms with E-state index in [9.17, 15) is 0 Å². The molecule has 1 atom stereocenters. The van der Waals surface area contributed by atoms with Gasteiger partial charge in [0, 0.05) is 31.9 Å². The summed E-state index contributed by atoms with van der Waals surface area (Å²) in [5.74, 6) is 1.88. The lowest BCUT2D eigenvalue weighted by atomic mass is 10.1. The number of anilines is 1. The molecule has 5 heteroatoms. The van der Waals surface area contributed by atoms with Crippen LogP contribution >= 0.6 is 0 Å². The first-order valence-corrected chi connectivity index (χ1v) is 6.88. The van der Waals surface area contributed by atoms with Gasteiger partial charge in [-0.25, -0.2) is 4.99 Å². The summed E-state index contributed by atoms with van der Waals surface area (Å²) in [6, 6.07) is 5.64. The molecule has 1 aromatic carbocycles. The van der Waals surface area contributed by atoms with Gasteiger partial charge in [0.05, 0.1) is 0 Å². The largest absolute Gasteiger partial charge is 0.480 e. The number of aliphatic imine (C=N–C) groups is 1. The van der Waals surface area contributed by atoms with Crippen LogP contribution < -0.4 is 15.8 Å². The van der Waals surface area contributed by atoms with E-state index in [0.717, 1.165) is 55.6 Å². The molecule has 2 aliphatic rings. The summed E-state index contributed by atoms with van der Waals surface area (Å²) < 4.78 is 6.05. The van der Waals surface area contributed by atoms with Gasteiger partial charge in [0.2, 0.25) is 0 Å². The summed E-state index contributed by atoms with van der Waals surface area (Å²) in [5.41, 5.74) is 7.39. The number of ether oxygens (including phenoxy) is 1. The van der Waals surface area contributed by atoms with Crippen LogP contribution in [0.4, 0.5) is 11.4 Å². The SMILES string of the molecule is CCC1Oc2ccc(N)cc2N=C1N1CCNCC1. The number of benzene rings is 1. The van der Waals surface area contributed by atoms with Gasteiger partial charge >= 0.3 is 0 Å². The predicted molar refractivity (Wildman–Crippen MR) is 77.1 cm³/mol. The quantitative estimate of drug-likeness (QED) is 0.749. The molecule has 0 saturated carbocycles. The highest BCUT2D eigenvalue weighted by Gasteiger charge is 2.28. The maximum absolute atomic E-state index is 6.05. The monoisotopic (exact) mass is 260 g/mol. The fraction of sp³-hybridized carbons (Fsp3) is 0.500. The number of rotatable bonds is 1. The minimum atomic E-state index is 0.0502. The molecule has 1 aromatic rings. The second-order valence-corrected chi connectivity index (χ2v) is 4.95. The fourth-order valence-electron chi connectivity index (χ4n) is 2.56. The van der Waals surface area contributed by atoms with Gasteiger partial charge in [-0.15, -0.1) is 0 Å². The molecule has 0 amide bonds. The summed E-state index contributed by atoms with van der Waals surface area (Å²) in [5, 5.41) is 3.36. The zero-order valence-corrected chi connectivity index (χ0v) is 11.2. The molecule has 3 rings (SSSR count). The standard InChI is InChI=1S/C14H20N4O/c1-2-12-14(18-7-5-16-6-8-18)17-11-9-10(15)3-4-13(11)19-12/h3-4,9,12,16H,2,5-8,15H2,1H3. The highest BCUT2D eigenvalue weighted by molar-refractivity contribution is 5.92. The number of fused-ring (bicyclic) bond motifs is 1. The van der Waals surface area contributed by atoms with E-state index in [1.165, 1.54) is 0 Å². The van der Waals surface area contributed by atoms with Gasteiger partial charge in [0.1, 0.15) is 17.3 Å². The van der Waals surface area contributed by atoms with Crippen molar-refractivity contribution in [2.75, 3.05) is 31.9 Å². The van der Waals surface area contributed by atoms with E-state index >= 15 is 0 Å². The van der Waals surface area contributed by atoms with E-state index < -0.39 is 0 Å². The molecular formula is C14H20N4O. The zero-order chi connectivity index (χ0) is 13.2. The van der Waals surface area contributed by atoms with Crippen LogP contribution in [0.3, 0.4) is 0 Å². The third kappa shape index (κ3) is 2.38. The van der Waals surface area contributed by atoms with Gasteiger partial charge in [-0.1, -0.05) is 6.92 Å². The van der Waals surface area contributed by atoms with Gasteiger partial charge in [-0.05, 0) is 24.6 Å². The lowest BCUT2D eigenvalue weighted by Gasteiger charge is -2.36. The molecule has 2 aliphatic heterocycles. The van der Waals surface area contributed by atoms with Gasteiger partial charge in [0.15, 0.2) is 6.10 Å². The van der Waals surface area contributed by atoms with Crippen molar-refractivity contribution in [3.05, 3.63) is 18.2 Å². The van der Waals surface area contributed by atoms with Crippen LogP contribution in [0.1, 0.15) is 13.3 Å². The third-order valence-electron chi connectivity index (χ3n) is 3.59. The van der Waals surface area contributed by atoms with Crippen molar-refractivity contribution in [2.45, 2.75) is 19.4 Å². The molecule has 3 N–H and O–H groups in total. The Balaban J connectivity index is 1.95. The average molecular weight is 260 g/mol. The molecule has 19 heavy (non-hydrogen) atoms. The van der Waals surface area contributed by atoms with Crippen molar-refractivity contribution < 1.29 is 4.74 Å². The van der Waals surface area contributed by atoms with Crippen molar-refractivity contribution in [1.29, 1.82) is 0 Å². The number of nitrogen functional groups attached to an aromatic ring is 1. The van der Waals surface area contributed by atoms with Crippen molar-refractivity contribution in [2.24, 2.45) is 4.99 Å². The van der Waals surface area contributed by atoms with Crippen LogP contribution in [0.25, 0.3) is 0 Å². The smallest absolute Gasteiger partial charge is 0.156 e. The third-order valence-corrected chi connectivity index (χ3v) is 3.59. The first kappa shape index (κ1) is 12.3. The zero-order valence-electron chi connectivity index (χ0n) is 11.2. The van der Waals surface area contributed by atoms with Crippen LogP contribution in [-0.2, 0) is 0 Å². The molecule has 102 valence electrons. The lowest BCUT2D eigenvalue weighted by Crippen LogP contribution is -2.51. The molecular weight excluding hydrogens is 240 g/mol. The van der Waals surface area contributed by atoms with E-state index in [2.05, 4.69) is 17.1 Å². The Morgan fingerprint density at radius 1 is 1.42 bits per heavy atom. The molecule has 0 aromatic heterocycles. The number of hydrogen-bond donors (Lipinski definition) is 2. The topological polar surface area (TPSA) is 62.9 Å². The molecule has 1 unspecified atom stereocenters. The van der Waals surface area contributed by atoms with E-state index in [-0.39, 0.29) is 6.10 Å². The number of nitrogens with zero attached hydrogens (tertiary/aromatic N) is 2. The number of nitrogens with one attached hydrogen (secondary N) is 1. The summed E-state index contributed by atoms with van der Waals surface area (Å²) in [6.07, 6.45) is 0.973. The number of nitrogens with two attached hydrogens (primary N) is 1. The molecule has 2 heterocycles. The lowest BCUT2D eigenvalue weighted by molar-refractivity contribution is 0.226. The molecule has 1 saturated heterocycles. The van der Waals surface area contributed by atoms with Crippen molar-refractivity contribution >= 4 is 17.2 Å². The molecule has 5 nitrogen and oxygen atoms in total. The Hall–Kier alpha value is -1.75. The van der Waals surface area contributed by atoms with Crippen LogP contribution in [-0.4, -0.2) is 43.0 Å². The van der Waals surface area contributed by atoms with E-state index in [1.807, 2.05) is 18.2 Å². The second kappa shape index (κ2) is 5.09. The number of hydrogen-bond acceptors (Lipinski definition) is 5. The summed E-state index contributed by atoms with van der Waals surface area (Å²) in [4.78, 5) is 7.11. The van der Waals surface area contributed by atoms with E-state index in [4.69, 9.17) is 15.5 Å². The number of amidine groups is 1. The Labute approximate surface area is 113 Å². The van der Waals surface area contributed by atoms with Gasteiger partial charge in [-0.3, -0.25) is 0 Å². The highest BCUT2D eigenvalue weighted by Crippen LogP contribution is 2.35. The Bertz CT molecular complexity index is 494. The van der Waals surface area contributed by atoms with Crippen molar-refractivity contribution in [1.82, 2.24) is 10.2 Å². The maximum Gasteiger partial charge on any atom is 0.156 e. The van der Waals surface area contributed by atoms with Gasteiger partial charge in [0.25, 0.3) is 0 Å². The summed E-state index contributed by atoms with van der Waals surface area (Å²) in [6.45, 7) is 6.09. The summed E-state index contributed by atoms with van der Waals surface area (Å²) >= 11 is 0. The molecule has 0 spiro atoms. The Morgan fingerprint density at radius 2 is 2.21 bits per heavy atom. The average Bonchev–Trinajstić information content (AvgIpc) is 2.46. The van der Waals surface area contributed by atoms with Crippen LogP contribution in [0.15, 0.2) is 23.2 Å². The first-order valence-electron chi connectivity index (χ1n) is 6.88. The minimum Gasteiger partial charge on any atom is -0.480 e. The van der Waals surface area contributed by atoms with Crippen molar-refractivity contribution in [3.8, 4) is 5.75 Å². The molecule has 0 bridgehead atoms. The highest BCUT2D eigenvalue weighted by atomic mass is 16.5. The molecule has 1 fully saturated rings.